The molecule has 0 amide bonds. The molecule has 2 heterocycles. The van der Waals surface area contributed by atoms with E-state index in [1.165, 1.54) is 0 Å². The summed E-state index contributed by atoms with van der Waals surface area (Å²) in [7, 11) is 0. The van der Waals surface area contributed by atoms with Crippen LogP contribution in [0.25, 0.3) is 0 Å². The van der Waals surface area contributed by atoms with Crippen LogP contribution in [0.5, 0.6) is 0 Å². The van der Waals surface area contributed by atoms with E-state index >= 15 is 0 Å². The standard InChI is InChI=1S/C10H18N2O4/c13-5-8-4-12(1-2-16-8)10(3-9(14)15)6-11-7-10/h8,11,13H,1-7H2,(H,14,15). The number of carboxylic acids is 1. The zero-order valence-corrected chi connectivity index (χ0v) is 9.19. The highest BCUT2D eigenvalue weighted by Crippen LogP contribution is 2.26. The van der Waals surface area contributed by atoms with E-state index in [2.05, 4.69) is 10.2 Å². The number of nitrogens with zero attached hydrogens (tertiary/aromatic N) is 1. The third kappa shape index (κ3) is 2.20. The molecule has 0 aromatic rings. The molecule has 0 aliphatic carbocycles. The SMILES string of the molecule is O=C(O)CC1(N2CCOC(CO)C2)CNC1. The first kappa shape index (κ1) is 11.8. The Kier molecular flexibility index (Phi) is 3.44. The predicted octanol–water partition coefficient (Wildman–Crippen LogP) is -1.50. The Morgan fingerprint density at radius 2 is 2.31 bits per heavy atom. The summed E-state index contributed by atoms with van der Waals surface area (Å²) in [5, 5.41) is 21.1. The summed E-state index contributed by atoms with van der Waals surface area (Å²) in [6, 6.07) is 0. The number of carbonyl (C=O) groups is 1. The van der Waals surface area contributed by atoms with Crippen molar-refractivity contribution in [3.8, 4) is 0 Å². The molecule has 0 aromatic heterocycles. The number of carboxylic acid groups (broad SMARTS) is 1. The third-order valence-corrected chi connectivity index (χ3v) is 3.40. The molecule has 0 saturated carbocycles. The molecule has 0 radical (unpaired) electrons. The molecule has 0 aromatic carbocycles. The Morgan fingerprint density at radius 1 is 1.56 bits per heavy atom. The Labute approximate surface area is 94.2 Å². The van der Waals surface area contributed by atoms with Crippen LogP contribution in [0.1, 0.15) is 6.42 Å². The van der Waals surface area contributed by atoms with Gasteiger partial charge in [0, 0.05) is 26.2 Å². The van der Waals surface area contributed by atoms with Crippen molar-refractivity contribution >= 4 is 5.97 Å². The molecule has 0 bridgehead atoms. The number of rotatable bonds is 4. The molecule has 2 saturated heterocycles. The quantitative estimate of drug-likeness (QED) is 0.545. The molecule has 3 N–H and O–H groups in total. The summed E-state index contributed by atoms with van der Waals surface area (Å²) in [5.74, 6) is -0.770. The van der Waals surface area contributed by atoms with Crippen LogP contribution in [0.4, 0.5) is 0 Å². The topological polar surface area (TPSA) is 82.0 Å². The van der Waals surface area contributed by atoms with Crippen LogP contribution in [-0.2, 0) is 9.53 Å². The lowest BCUT2D eigenvalue weighted by Gasteiger charge is -2.52. The molecule has 16 heavy (non-hydrogen) atoms. The van der Waals surface area contributed by atoms with E-state index in [0.717, 1.165) is 6.54 Å². The van der Waals surface area contributed by atoms with E-state index in [9.17, 15) is 4.79 Å². The molecule has 6 nitrogen and oxygen atoms in total. The van der Waals surface area contributed by atoms with Gasteiger partial charge in [-0.2, -0.15) is 0 Å². The van der Waals surface area contributed by atoms with Gasteiger partial charge in [-0.1, -0.05) is 0 Å². The van der Waals surface area contributed by atoms with Crippen LogP contribution in [0.3, 0.4) is 0 Å². The average molecular weight is 230 g/mol. The second-order valence-corrected chi connectivity index (χ2v) is 4.52. The minimum Gasteiger partial charge on any atom is -0.481 e. The fourth-order valence-electron chi connectivity index (χ4n) is 2.42. The molecule has 2 aliphatic rings. The predicted molar refractivity (Wildman–Crippen MR) is 56.3 cm³/mol. The van der Waals surface area contributed by atoms with Crippen molar-refractivity contribution in [3.63, 3.8) is 0 Å². The Hall–Kier alpha value is -0.690. The van der Waals surface area contributed by atoms with Crippen molar-refractivity contribution in [1.29, 1.82) is 0 Å². The molecular weight excluding hydrogens is 212 g/mol. The highest BCUT2D eigenvalue weighted by molar-refractivity contribution is 5.68. The van der Waals surface area contributed by atoms with Crippen LogP contribution in [0.15, 0.2) is 0 Å². The lowest BCUT2D eigenvalue weighted by Crippen LogP contribution is -2.72. The van der Waals surface area contributed by atoms with Gasteiger partial charge in [-0.3, -0.25) is 9.69 Å². The minimum atomic E-state index is -0.770. The van der Waals surface area contributed by atoms with E-state index in [4.69, 9.17) is 14.9 Å². The second kappa shape index (κ2) is 4.67. The van der Waals surface area contributed by atoms with E-state index in [-0.39, 0.29) is 24.7 Å². The van der Waals surface area contributed by atoms with E-state index in [1.807, 2.05) is 0 Å². The minimum absolute atomic E-state index is 0.00687. The molecule has 92 valence electrons. The first-order valence-corrected chi connectivity index (χ1v) is 5.56. The normalized spacial score (nSPS) is 29.7. The lowest BCUT2D eigenvalue weighted by molar-refractivity contribution is -0.146. The number of nitrogens with one attached hydrogen (secondary N) is 1. The maximum absolute atomic E-state index is 10.9. The Bertz CT molecular complexity index is 268. The number of hydrogen-bond acceptors (Lipinski definition) is 5. The van der Waals surface area contributed by atoms with Gasteiger partial charge >= 0.3 is 5.97 Å². The van der Waals surface area contributed by atoms with Gasteiger partial charge in [0.2, 0.25) is 0 Å². The van der Waals surface area contributed by atoms with Crippen LogP contribution >= 0.6 is 0 Å². The molecule has 2 fully saturated rings. The molecule has 2 aliphatic heterocycles. The first-order valence-electron chi connectivity index (χ1n) is 5.56. The fraction of sp³-hybridized carbons (Fsp3) is 0.900. The monoisotopic (exact) mass is 230 g/mol. The average Bonchev–Trinajstić information content (AvgIpc) is 2.23. The van der Waals surface area contributed by atoms with Gasteiger partial charge in [0.15, 0.2) is 0 Å². The largest absolute Gasteiger partial charge is 0.481 e. The van der Waals surface area contributed by atoms with Crippen molar-refractivity contribution in [2.75, 3.05) is 39.4 Å². The summed E-state index contributed by atoms with van der Waals surface area (Å²) in [5.41, 5.74) is -0.275. The fourth-order valence-corrected chi connectivity index (χ4v) is 2.42. The zero-order valence-electron chi connectivity index (χ0n) is 9.19. The maximum Gasteiger partial charge on any atom is 0.305 e. The number of aliphatic hydroxyl groups is 1. The van der Waals surface area contributed by atoms with E-state index in [0.29, 0.717) is 26.2 Å². The Morgan fingerprint density at radius 3 is 2.81 bits per heavy atom. The summed E-state index contributed by atoms with van der Waals surface area (Å²) in [4.78, 5) is 13.0. The van der Waals surface area contributed by atoms with Crippen LogP contribution in [-0.4, -0.2) is 72.1 Å². The molecule has 0 spiro atoms. The summed E-state index contributed by atoms with van der Waals surface area (Å²) in [6.45, 7) is 3.32. The molecule has 6 heteroatoms. The second-order valence-electron chi connectivity index (χ2n) is 4.52. The smallest absolute Gasteiger partial charge is 0.305 e. The van der Waals surface area contributed by atoms with Crippen molar-refractivity contribution in [1.82, 2.24) is 10.2 Å². The highest BCUT2D eigenvalue weighted by atomic mass is 16.5. The Balaban J connectivity index is 2.00. The first-order chi connectivity index (χ1) is 7.66. The van der Waals surface area contributed by atoms with Crippen molar-refractivity contribution < 1.29 is 19.7 Å². The van der Waals surface area contributed by atoms with Gasteiger partial charge in [0.1, 0.15) is 0 Å². The highest BCUT2D eigenvalue weighted by Gasteiger charge is 2.45. The molecule has 2 rings (SSSR count). The van der Waals surface area contributed by atoms with Gasteiger partial charge in [-0.25, -0.2) is 0 Å². The number of aliphatic carboxylic acids is 1. The molecule has 1 atom stereocenters. The summed E-state index contributed by atoms with van der Waals surface area (Å²) in [6.07, 6.45) is -0.0296. The van der Waals surface area contributed by atoms with Crippen molar-refractivity contribution in [2.24, 2.45) is 0 Å². The summed E-state index contributed by atoms with van der Waals surface area (Å²) < 4.78 is 5.37. The number of aliphatic hydroxyl groups excluding tert-OH is 1. The van der Waals surface area contributed by atoms with Crippen LogP contribution in [0.2, 0.25) is 0 Å². The number of morpholine rings is 1. The van der Waals surface area contributed by atoms with Gasteiger partial charge in [-0.05, 0) is 0 Å². The maximum atomic E-state index is 10.9. The van der Waals surface area contributed by atoms with E-state index in [1.54, 1.807) is 0 Å². The van der Waals surface area contributed by atoms with Gasteiger partial charge in [0.25, 0.3) is 0 Å². The van der Waals surface area contributed by atoms with Crippen LogP contribution in [0, 0.1) is 0 Å². The molecular formula is C10H18N2O4. The molecule has 1 unspecified atom stereocenters. The van der Waals surface area contributed by atoms with Crippen molar-refractivity contribution in [2.45, 2.75) is 18.1 Å². The lowest BCUT2D eigenvalue weighted by atomic mass is 9.85. The van der Waals surface area contributed by atoms with E-state index < -0.39 is 5.97 Å². The van der Waals surface area contributed by atoms with Gasteiger partial charge < -0.3 is 20.3 Å². The van der Waals surface area contributed by atoms with Gasteiger partial charge in [0.05, 0.1) is 31.3 Å². The summed E-state index contributed by atoms with van der Waals surface area (Å²) >= 11 is 0. The van der Waals surface area contributed by atoms with Crippen LogP contribution < -0.4 is 5.32 Å². The number of hydrogen-bond donors (Lipinski definition) is 3. The zero-order chi connectivity index (χ0) is 11.6. The number of ether oxygens (including phenoxy) is 1. The van der Waals surface area contributed by atoms with Crippen molar-refractivity contribution in [3.05, 3.63) is 0 Å². The third-order valence-electron chi connectivity index (χ3n) is 3.40. The van der Waals surface area contributed by atoms with Gasteiger partial charge in [-0.15, -0.1) is 0 Å².